The van der Waals surface area contributed by atoms with Crippen LogP contribution >= 0.6 is 12.4 Å². The molecule has 1 unspecified atom stereocenters. The van der Waals surface area contributed by atoms with Crippen LogP contribution in [0.3, 0.4) is 0 Å². The Morgan fingerprint density at radius 1 is 1.34 bits per heavy atom. The van der Waals surface area contributed by atoms with Crippen molar-refractivity contribution >= 4 is 29.9 Å². The number of nitrogens with zero attached hydrogens (tertiary/aromatic N) is 4. The fourth-order valence-electron chi connectivity index (χ4n) is 3.21. The first-order valence-electron chi connectivity index (χ1n) is 9.07. The molecule has 156 valence electrons. The Bertz CT molecular complexity index is 887. The van der Waals surface area contributed by atoms with Gasteiger partial charge in [0.15, 0.2) is 5.69 Å². The molecule has 0 radical (unpaired) electrons. The van der Waals surface area contributed by atoms with Crippen molar-refractivity contribution in [3.63, 3.8) is 0 Å². The number of nitrogens with two attached hydrogens (primary N) is 1. The van der Waals surface area contributed by atoms with Crippen molar-refractivity contribution in [2.45, 2.75) is 12.8 Å². The number of hydrogen-bond donors (Lipinski definition) is 2. The number of hydrogen-bond acceptors (Lipinski definition) is 6. The second-order valence-corrected chi connectivity index (χ2v) is 6.59. The van der Waals surface area contributed by atoms with Crippen molar-refractivity contribution < 1.29 is 14.5 Å². The summed E-state index contributed by atoms with van der Waals surface area (Å²) in [5, 5.41) is 18.0. The molecule has 29 heavy (non-hydrogen) atoms. The molecule has 0 saturated carbocycles. The topological polar surface area (TPSA) is 136 Å². The highest BCUT2D eigenvalue weighted by atomic mass is 35.5. The quantitative estimate of drug-likeness (QED) is 0.528. The minimum atomic E-state index is -0.483. The van der Waals surface area contributed by atoms with E-state index in [0.717, 1.165) is 12.8 Å². The number of carbonyl (C=O) groups is 2. The average molecular weight is 423 g/mol. The number of nitrogens with one attached hydrogen (secondary N) is 1. The van der Waals surface area contributed by atoms with E-state index in [-0.39, 0.29) is 41.5 Å². The molecular formula is C18H23ClN6O4. The summed E-state index contributed by atoms with van der Waals surface area (Å²) in [6.45, 7) is 1.68. The van der Waals surface area contributed by atoms with Gasteiger partial charge in [-0.25, -0.2) is 4.68 Å². The molecular weight excluding hydrogens is 400 g/mol. The van der Waals surface area contributed by atoms with Crippen LogP contribution in [0.2, 0.25) is 0 Å². The molecule has 0 aliphatic carbocycles. The third-order valence-corrected chi connectivity index (χ3v) is 4.64. The van der Waals surface area contributed by atoms with Gasteiger partial charge < -0.3 is 16.0 Å². The lowest BCUT2D eigenvalue weighted by Crippen LogP contribution is -2.46. The molecule has 1 aromatic carbocycles. The molecule has 0 bridgehead atoms. The first kappa shape index (κ1) is 22.3. The van der Waals surface area contributed by atoms with Gasteiger partial charge in [0.2, 0.25) is 5.91 Å². The lowest BCUT2D eigenvalue weighted by Gasteiger charge is -2.31. The van der Waals surface area contributed by atoms with Gasteiger partial charge in [0, 0.05) is 44.5 Å². The number of carbonyl (C=O) groups excluding carboxylic acids is 2. The van der Waals surface area contributed by atoms with E-state index in [1.54, 1.807) is 29.3 Å². The number of nitro groups is 1. The number of nitro benzene ring substituents is 1. The van der Waals surface area contributed by atoms with Crippen LogP contribution in [0.5, 0.6) is 0 Å². The Morgan fingerprint density at radius 2 is 2.14 bits per heavy atom. The van der Waals surface area contributed by atoms with Gasteiger partial charge in [0.05, 0.1) is 16.5 Å². The molecule has 3 rings (SSSR count). The maximum atomic E-state index is 12.8. The van der Waals surface area contributed by atoms with Gasteiger partial charge in [-0.2, -0.15) is 5.10 Å². The van der Waals surface area contributed by atoms with E-state index in [4.69, 9.17) is 5.73 Å². The van der Waals surface area contributed by atoms with E-state index in [0.29, 0.717) is 31.9 Å². The Kier molecular flexibility index (Phi) is 7.68. The number of aromatic nitrogens is 2. The van der Waals surface area contributed by atoms with Crippen LogP contribution in [-0.4, -0.2) is 57.6 Å². The van der Waals surface area contributed by atoms with E-state index in [2.05, 4.69) is 10.4 Å². The van der Waals surface area contributed by atoms with Crippen LogP contribution in [0, 0.1) is 16.0 Å². The van der Waals surface area contributed by atoms with E-state index in [9.17, 15) is 19.7 Å². The summed E-state index contributed by atoms with van der Waals surface area (Å²) in [4.78, 5) is 37.0. The number of amides is 2. The van der Waals surface area contributed by atoms with E-state index in [1.807, 2.05) is 0 Å². The average Bonchev–Trinajstić information content (AvgIpc) is 3.22. The third-order valence-electron chi connectivity index (χ3n) is 4.64. The first-order valence-corrected chi connectivity index (χ1v) is 9.07. The first-order chi connectivity index (χ1) is 13.5. The second kappa shape index (κ2) is 9.99. The molecule has 1 aliphatic rings. The van der Waals surface area contributed by atoms with E-state index >= 15 is 0 Å². The van der Waals surface area contributed by atoms with Crippen LogP contribution in [0.25, 0.3) is 5.69 Å². The number of piperidine rings is 1. The van der Waals surface area contributed by atoms with Gasteiger partial charge in [-0.05, 0) is 25.0 Å². The van der Waals surface area contributed by atoms with Crippen LogP contribution < -0.4 is 11.1 Å². The van der Waals surface area contributed by atoms with E-state index in [1.165, 1.54) is 16.8 Å². The van der Waals surface area contributed by atoms with Crippen LogP contribution in [0.4, 0.5) is 5.69 Å². The molecule has 2 aromatic rings. The predicted octanol–water partition coefficient (Wildman–Crippen LogP) is 1.13. The van der Waals surface area contributed by atoms with Gasteiger partial charge in [-0.3, -0.25) is 19.7 Å². The highest BCUT2D eigenvalue weighted by molar-refractivity contribution is 5.93. The van der Waals surface area contributed by atoms with Crippen molar-refractivity contribution in [3.05, 3.63) is 52.3 Å². The minimum Gasteiger partial charge on any atom is -0.355 e. The Balaban J connectivity index is 0.00000300. The molecule has 2 amide bonds. The zero-order valence-corrected chi connectivity index (χ0v) is 16.5. The molecule has 11 heteroatoms. The van der Waals surface area contributed by atoms with E-state index < -0.39 is 4.92 Å². The van der Waals surface area contributed by atoms with Gasteiger partial charge in [0.1, 0.15) is 0 Å². The molecule has 1 saturated heterocycles. The molecule has 2 heterocycles. The van der Waals surface area contributed by atoms with Gasteiger partial charge in [0.25, 0.3) is 11.6 Å². The summed E-state index contributed by atoms with van der Waals surface area (Å²) in [5.41, 5.74) is 6.08. The van der Waals surface area contributed by atoms with Gasteiger partial charge >= 0.3 is 0 Å². The largest absolute Gasteiger partial charge is 0.355 e. The molecule has 3 N–H and O–H groups in total. The summed E-state index contributed by atoms with van der Waals surface area (Å²) in [6.07, 6.45) is 3.04. The number of halogens is 1. The normalized spacial score (nSPS) is 16.0. The second-order valence-electron chi connectivity index (χ2n) is 6.59. The highest BCUT2D eigenvalue weighted by Gasteiger charge is 2.29. The molecule has 0 spiro atoms. The smallest absolute Gasteiger partial charge is 0.274 e. The lowest BCUT2D eigenvalue weighted by molar-refractivity contribution is -0.384. The van der Waals surface area contributed by atoms with Gasteiger partial charge in [-0.1, -0.05) is 6.07 Å². The zero-order chi connectivity index (χ0) is 20.1. The van der Waals surface area contributed by atoms with Crippen molar-refractivity contribution in [1.82, 2.24) is 20.0 Å². The molecule has 1 aromatic heterocycles. The Hall–Kier alpha value is -2.98. The third kappa shape index (κ3) is 5.30. The van der Waals surface area contributed by atoms with Crippen molar-refractivity contribution in [2.24, 2.45) is 11.7 Å². The monoisotopic (exact) mass is 422 g/mol. The fraction of sp³-hybridized carbons (Fsp3) is 0.389. The maximum Gasteiger partial charge on any atom is 0.274 e. The summed E-state index contributed by atoms with van der Waals surface area (Å²) in [7, 11) is 0. The maximum absolute atomic E-state index is 12.8. The molecule has 1 aliphatic heterocycles. The summed E-state index contributed by atoms with van der Waals surface area (Å²) in [5.74, 6) is -0.617. The summed E-state index contributed by atoms with van der Waals surface area (Å²) in [6, 6.07) is 7.58. The SMILES string of the molecule is Cl.NCCNC(=O)C1CCCN(C(=O)c2ccn(-c3cccc([N+](=O)[O-])c3)n2)C1. The number of benzene rings is 1. The lowest BCUT2D eigenvalue weighted by atomic mass is 9.97. The number of non-ortho nitro benzene ring substituents is 1. The molecule has 10 nitrogen and oxygen atoms in total. The zero-order valence-electron chi connectivity index (χ0n) is 15.7. The molecule has 1 atom stereocenters. The highest BCUT2D eigenvalue weighted by Crippen LogP contribution is 2.20. The van der Waals surface area contributed by atoms with Crippen LogP contribution in [0.15, 0.2) is 36.5 Å². The molecule has 1 fully saturated rings. The van der Waals surface area contributed by atoms with Crippen molar-refractivity contribution in [2.75, 3.05) is 26.2 Å². The number of rotatable bonds is 6. The Morgan fingerprint density at radius 3 is 2.86 bits per heavy atom. The van der Waals surface area contributed by atoms with Crippen LogP contribution in [-0.2, 0) is 4.79 Å². The predicted molar refractivity (Wildman–Crippen MR) is 108 cm³/mol. The van der Waals surface area contributed by atoms with Crippen molar-refractivity contribution in [3.8, 4) is 5.69 Å². The van der Waals surface area contributed by atoms with Crippen molar-refractivity contribution in [1.29, 1.82) is 0 Å². The fourth-order valence-corrected chi connectivity index (χ4v) is 3.21. The standard InChI is InChI=1S/C18H22N6O4.ClH/c19-7-8-20-17(25)13-3-2-9-22(12-13)18(26)16-6-10-23(21-16)14-4-1-5-15(11-14)24(27)28;/h1,4-6,10-11,13H,2-3,7-9,12,19H2,(H,20,25);1H. The summed E-state index contributed by atoms with van der Waals surface area (Å²) >= 11 is 0. The number of likely N-dealkylation sites (tertiary alicyclic amines) is 1. The Labute approximate surface area is 173 Å². The summed E-state index contributed by atoms with van der Waals surface area (Å²) < 4.78 is 1.43. The minimum absolute atomic E-state index is 0. The van der Waals surface area contributed by atoms with Crippen LogP contribution in [0.1, 0.15) is 23.3 Å². The van der Waals surface area contributed by atoms with Gasteiger partial charge in [-0.15, -0.1) is 12.4 Å².